The number of rotatable bonds is 3. The van der Waals surface area contributed by atoms with E-state index in [1.54, 1.807) is 12.1 Å². The normalized spacial score (nSPS) is 15.2. The lowest BCUT2D eigenvalue weighted by molar-refractivity contribution is 0.465. The number of nitrogens with zero attached hydrogens (tertiary/aromatic N) is 2. The lowest BCUT2D eigenvalue weighted by Gasteiger charge is -2.28. The van der Waals surface area contributed by atoms with E-state index in [0.717, 1.165) is 39.4 Å². The maximum absolute atomic E-state index is 11.5. The number of benzene rings is 3. The van der Waals surface area contributed by atoms with E-state index in [2.05, 4.69) is 16.0 Å². The van der Waals surface area contributed by atoms with Crippen molar-refractivity contribution in [2.45, 2.75) is 11.1 Å². The summed E-state index contributed by atoms with van der Waals surface area (Å²) in [6.45, 7) is 0. The number of nitrogens with two attached hydrogens (primary N) is 1. The lowest BCUT2D eigenvalue weighted by Crippen LogP contribution is -2.24. The quantitative estimate of drug-likeness (QED) is 0.426. The summed E-state index contributed by atoms with van der Waals surface area (Å²) < 4.78 is 31.4. The summed E-state index contributed by atoms with van der Waals surface area (Å²) in [4.78, 5) is 4.94. The fraction of sp³-hybridized carbons (Fsp3) is 0.0417. The zero-order valence-corrected chi connectivity index (χ0v) is 17.6. The molecule has 0 fully saturated rings. The highest BCUT2D eigenvalue weighted by Gasteiger charge is 2.30. The molecule has 1 atom stereocenters. The first kappa shape index (κ1) is 18.9. The molecule has 3 heterocycles. The van der Waals surface area contributed by atoms with E-state index >= 15 is 0 Å². The second-order valence-electron chi connectivity index (χ2n) is 7.66. The van der Waals surface area contributed by atoms with E-state index in [4.69, 9.17) is 14.5 Å². The van der Waals surface area contributed by atoms with Crippen LogP contribution in [-0.4, -0.2) is 18.0 Å². The van der Waals surface area contributed by atoms with Gasteiger partial charge in [0.2, 0.25) is 10.0 Å². The second kappa shape index (κ2) is 6.81. The molecule has 1 aliphatic rings. The van der Waals surface area contributed by atoms with Crippen molar-refractivity contribution in [2.24, 2.45) is 5.14 Å². The van der Waals surface area contributed by atoms with E-state index in [1.165, 1.54) is 12.1 Å². The Hall–Kier alpha value is -3.88. The molecule has 158 valence electrons. The number of hydrogen-bond acceptors (Lipinski definition) is 5. The standard InChI is InChI=1S/C24H18N4O3S/c25-32(29,30)16-11-9-15(10-12-16)21-13-14-22(31-21)24-26-18-6-2-1-5-17(18)23-27-19-7-3-4-8-20(19)28(23)24/h1-14,24,26H,(H2,25,29,30)/t24-/m1/s1. The molecule has 0 amide bonds. The molecule has 0 saturated heterocycles. The summed E-state index contributed by atoms with van der Waals surface area (Å²) in [6, 6.07) is 26.2. The molecule has 8 heteroatoms. The Morgan fingerprint density at radius 1 is 0.906 bits per heavy atom. The number of furan rings is 1. The third-order valence-corrected chi connectivity index (χ3v) is 6.61. The fourth-order valence-electron chi connectivity index (χ4n) is 4.17. The first-order valence-corrected chi connectivity index (χ1v) is 11.6. The van der Waals surface area contributed by atoms with E-state index in [1.807, 2.05) is 54.6 Å². The first-order valence-electron chi connectivity index (χ1n) is 10.0. The Balaban J connectivity index is 1.46. The van der Waals surface area contributed by atoms with Gasteiger partial charge in [-0.15, -0.1) is 0 Å². The van der Waals surface area contributed by atoms with Crippen LogP contribution in [0.3, 0.4) is 0 Å². The molecule has 0 bridgehead atoms. The van der Waals surface area contributed by atoms with Crippen LogP contribution >= 0.6 is 0 Å². The number of hydrogen-bond donors (Lipinski definition) is 2. The van der Waals surface area contributed by atoms with Gasteiger partial charge in [-0.1, -0.05) is 24.3 Å². The van der Waals surface area contributed by atoms with Crippen LogP contribution < -0.4 is 10.5 Å². The molecule has 1 aliphatic heterocycles. The third-order valence-electron chi connectivity index (χ3n) is 5.68. The van der Waals surface area contributed by atoms with Gasteiger partial charge in [0.05, 0.1) is 15.9 Å². The Bertz CT molecular complexity index is 1580. The molecule has 0 radical (unpaired) electrons. The molecule has 0 unspecified atom stereocenters. The minimum absolute atomic E-state index is 0.0631. The minimum Gasteiger partial charge on any atom is -0.457 e. The highest BCUT2D eigenvalue weighted by molar-refractivity contribution is 7.89. The van der Waals surface area contributed by atoms with Gasteiger partial charge in [-0.2, -0.15) is 0 Å². The van der Waals surface area contributed by atoms with Gasteiger partial charge in [-0.3, -0.25) is 4.57 Å². The van der Waals surface area contributed by atoms with E-state index in [0.29, 0.717) is 5.76 Å². The smallest absolute Gasteiger partial charge is 0.238 e. The Kier molecular flexibility index (Phi) is 4.01. The highest BCUT2D eigenvalue weighted by atomic mass is 32.2. The van der Waals surface area contributed by atoms with Crippen molar-refractivity contribution >= 4 is 26.7 Å². The summed E-state index contributed by atoms with van der Waals surface area (Å²) in [5.41, 5.74) is 4.69. The molecule has 7 nitrogen and oxygen atoms in total. The predicted octanol–water partition coefficient (Wildman–Crippen LogP) is 4.58. The number of primary sulfonamides is 1. The van der Waals surface area contributed by atoms with Crippen LogP contribution in [0.5, 0.6) is 0 Å². The van der Waals surface area contributed by atoms with Gasteiger partial charge >= 0.3 is 0 Å². The molecule has 32 heavy (non-hydrogen) atoms. The predicted molar refractivity (Wildman–Crippen MR) is 122 cm³/mol. The summed E-state index contributed by atoms with van der Waals surface area (Å²) in [6.07, 6.45) is -0.287. The van der Waals surface area contributed by atoms with Gasteiger partial charge in [0.15, 0.2) is 6.17 Å². The number of fused-ring (bicyclic) bond motifs is 5. The van der Waals surface area contributed by atoms with Crippen LogP contribution in [0.25, 0.3) is 33.7 Å². The van der Waals surface area contributed by atoms with Crippen LogP contribution in [0.1, 0.15) is 11.9 Å². The van der Waals surface area contributed by atoms with Crippen molar-refractivity contribution in [1.29, 1.82) is 0 Å². The zero-order valence-electron chi connectivity index (χ0n) is 16.8. The average molecular weight is 443 g/mol. The largest absolute Gasteiger partial charge is 0.457 e. The van der Waals surface area contributed by atoms with Gasteiger partial charge in [-0.05, 0) is 60.7 Å². The summed E-state index contributed by atoms with van der Waals surface area (Å²) in [5.74, 6) is 2.23. The molecule has 3 aromatic carbocycles. The average Bonchev–Trinajstić information content (AvgIpc) is 3.44. The Morgan fingerprint density at radius 2 is 1.66 bits per heavy atom. The monoisotopic (exact) mass is 442 g/mol. The maximum atomic E-state index is 11.5. The van der Waals surface area contributed by atoms with Gasteiger partial charge in [0.1, 0.15) is 17.3 Å². The molecule has 6 rings (SSSR count). The summed E-state index contributed by atoms with van der Waals surface area (Å²) in [7, 11) is -3.74. The van der Waals surface area contributed by atoms with Gasteiger partial charge < -0.3 is 9.73 Å². The van der Waals surface area contributed by atoms with Crippen molar-refractivity contribution in [3.05, 3.63) is 90.7 Å². The molecule has 3 N–H and O–H groups in total. The number of sulfonamides is 1. The lowest BCUT2D eigenvalue weighted by atomic mass is 10.1. The summed E-state index contributed by atoms with van der Waals surface area (Å²) >= 11 is 0. The Morgan fingerprint density at radius 3 is 2.47 bits per heavy atom. The van der Waals surface area contributed by atoms with Gasteiger partial charge in [0, 0.05) is 16.8 Å². The van der Waals surface area contributed by atoms with Crippen LogP contribution in [0, 0.1) is 0 Å². The fourth-order valence-corrected chi connectivity index (χ4v) is 4.69. The highest BCUT2D eigenvalue weighted by Crippen LogP contribution is 2.41. The van der Waals surface area contributed by atoms with Crippen molar-refractivity contribution in [3.8, 4) is 22.7 Å². The van der Waals surface area contributed by atoms with Crippen molar-refractivity contribution in [1.82, 2.24) is 9.55 Å². The second-order valence-corrected chi connectivity index (χ2v) is 9.22. The number of para-hydroxylation sites is 3. The third kappa shape index (κ3) is 2.92. The Labute approximate surface area is 184 Å². The van der Waals surface area contributed by atoms with E-state index in [-0.39, 0.29) is 11.1 Å². The molecule has 2 aromatic heterocycles. The van der Waals surface area contributed by atoms with Crippen molar-refractivity contribution in [2.75, 3.05) is 5.32 Å². The molecule has 0 saturated carbocycles. The first-order chi connectivity index (χ1) is 15.5. The van der Waals surface area contributed by atoms with E-state index in [9.17, 15) is 8.42 Å². The molecule has 0 spiro atoms. The van der Waals surface area contributed by atoms with Crippen molar-refractivity contribution < 1.29 is 12.8 Å². The van der Waals surface area contributed by atoms with Crippen LogP contribution in [0.15, 0.2) is 94.2 Å². The molecule has 0 aliphatic carbocycles. The molecular formula is C24H18N4O3S. The topological polar surface area (TPSA) is 103 Å². The number of nitrogens with one attached hydrogen (secondary N) is 1. The van der Waals surface area contributed by atoms with Crippen LogP contribution in [0.4, 0.5) is 5.69 Å². The van der Waals surface area contributed by atoms with Crippen LogP contribution in [0.2, 0.25) is 0 Å². The summed E-state index contributed by atoms with van der Waals surface area (Å²) in [5, 5.41) is 8.77. The molecular weight excluding hydrogens is 424 g/mol. The van der Waals surface area contributed by atoms with Crippen LogP contribution in [-0.2, 0) is 10.0 Å². The van der Waals surface area contributed by atoms with Gasteiger partial charge in [-0.25, -0.2) is 18.5 Å². The minimum atomic E-state index is -3.74. The van der Waals surface area contributed by atoms with Crippen molar-refractivity contribution in [3.63, 3.8) is 0 Å². The number of aromatic nitrogens is 2. The number of anilines is 1. The molecule has 5 aromatic rings. The maximum Gasteiger partial charge on any atom is 0.238 e. The number of imidazole rings is 1. The SMILES string of the molecule is NS(=O)(=O)c1ccc(-c2ccc([C@@H]3Nc4ccccc4-c4nc5ccccc5n43)o2)cc1. The van der Waals surface area contributed by atoms with E-state index < -0.39 is 10.0 Å². The van der Waals surface area contributed by atoms with Gasteiger partial charge in [0.25, 0.3) is 0 Å². The zero-order chi connectivity index (χ0) is 21.9.